The summed E-state index contributed by atoms with van der Waals surface area (Å²) in [5.74, 6) is 0.816. The van der Waals surface area contributed by atoms with Crippen LogP contribution in [0.25, 0.3) is 0 Å². The molecular formula is C18H26ClN3O2. The van der Waals surface area contributed by atoms with Crippen LogP contribution in [0.1, 0.15) is 43.4 Å². The molecule has 0 aromatic heterocycles. The predicted octanol–water partition coefficient (Wildman–Crippen LogP) is 3.26. The maximum absolute atomic E-state index is 12.0. The Kier molecular flexibility index (Phi) is 5.51. The van der Waals surface area contributed by atoms with Crippen molar-refractivity contribution < 1.29 is 9.53 Å². The molecule has 3 rings (SSSR count). The summed E-state index contributed by atoms with van der Waals surface area (Å²) in [6.07, 6.45) is 2.99. The van der Waals surface area contributed by atoms with Gasteiger partial charge in [-0.05, 0) is 44.7 Å². The zero-order valence-electron chi connectivity index (χ0n) is 14.4. The number of carbonyl (C=O) groups is 1. The third-order valence-corrected chi connectivity index (χ3v) is 5.00. The Morgan fingerprint density at radius 2 is 2.25 bits per heavy atom. The number of amides is 2. The lowest BCUT2D eigenvalue weighted by Crippen LogP contribution is -2.41. The molecule has 2 aliphatic heterocycles. The van der Waals surface area contributed by atoms with Crippen LogP contribution in [-0.4, -0.2) is 43.2 Å². The molecule has 2 aliphatic rings. The molecule has 0 radical (unpaired) electrons. The maximum atomic E-state index is 12.0. The van der Waals surface area contributed by atoms with E-state index in [1.54, 1.807) is 0 Å². The van der Waals surface area contributed by atoms with Crippen LogP contribution in [0.15, 0.2) is 12.1 Å². The molecular weight excluding hydrogens is 326 g/mol. The van der Waals surface area contributed by atoms with Crippen LogP contribution in [0.4, 0.5) is 4.79 Å². The number of hydrogen-bond acceptors (Lipinski definition) is 3. The van der Waals surface area contributed by atoms with Crippen molar-refractivity contribution in [2.24, 2.45) is 0 Å². The number of hydrogen-bond donors (Lipinski definition) is 2. The van der Waals surface area contributed by atoms with E-state index in [1.165, 1.54) is 0 Å². The van der Waals surface area contributed by atoms with Crippen LogP contribution in [-0.2, 0) is 0 Å². The van der Waals surface area contributed by atoms with Gasteiger partial charge < -0.3 is 20.3 Å². The van der Waals surface area contributed by atoms with Crippen molar-refractivity contribution in [1.82, 2.24) is 15.5 Å². The van der Waals surface area contributed by atoms with Crippen LogP contribution < -0.4 is 15.4 Å². The molecule has 2 N–H and O–H groups in total. The molecule has 0 bridgehead atoms. The number of carbonyl (C=O) groups excluding carboxylic acids is 1. The summed E-state index contributed by atoms with van der Waals surface area (Å²) in [5.41, 5.74) is 2.29. The molecule has 0 aliphatic carbocycles. The number of rotatable bonds is 3. The Bertz CT molecular complexity index is 608. The van der Waals surface area contributed by atoms with E-state index in [2.05, 4.69) is 23.6 Å². The number of benzene rings is 1. The Morgan fingerprint density at radius 1 is 1.42 bits per heavy atom. The second kappa shape index (κ2) is 7.62. The summed E-state index contributed by atoms with van der Waals surface area (Å²) in [7, 11) is 0. The number of halogens is 1. The van der Waals surface area contributed by atoms with E-state index in [1.807, 2.05) is 17.9 Å². The molecule has 1 aromatic carbocycles. The van der Waals surface area contributed by atoms with E-state index in [0.29, 0.717) is 24.2 Å². The summed E-state index contributed by atoms with van der Waals surface area (Å²) >= 11 is 6.39. The molecule has 2 amide bonds. The Balaban J connectivity index is 1.71. The number of likely N-dealkylation sites (tertiary alicyclic amines) is 1. The summed E-state index contributed by atoms with van der Waals surface area (Å²) < 4.78 is 5.87. The fourth-order valence-electron chi connectivity index (χ4n) is 3.59. The van der Waals surface area contributed by atoms with Crippen molar-refractivity contribution in [2.75, 3.05) is 26.2 Å². The molecule has 1 fully saturated rings. The summed E-state index contributed by atoms with van der Waals surface area (Å²) in [6, 6.07) is 4.68. The number of nitrogens with zero attached hydrogens (tertiary/aromatic N) is 1. The zero-order valence-corrected chi connectivity index (χ0v) is 15.2. The van der Waals surface area contributed by atoms with E-state index in [-0.39, 0.29) is 12.1 Å². The quantitative estimate of drug-likeness (QED) is 0.878. The summed E-state index contributed by atoms with van der Waals surface area (Å²) in [6.45, 7) is 6.91. The first-order valence-electron chi connectivity index (χ1n) is 8.80. The van der Waals surface area contributed by atoms with Crippen molar-refractivity contribution >= 4 is 17.6 Å². The Labute approximate surface area is 148 Å². The highest BCUT2D eigenvalue weighted by Gasteiger charge is 2.30. The number of fused-ring (bicyclic) bond motifs is 1. The Morgan fingerprint density at radius 3 is 3.04 bits per heavy atom. The average Bonchev–Trinajstić information content (AvgIpc) is 2.91. The second-order valence-electron chi connectivity index (χ2n) is 6.64. The normalized spacial score (nSPS) is 23.4. The van der Waals surface area contributed by atoms with Gasteiger partial charge in [-0.25, -0.2) is 4.79 Å². The van der Waals surface area contributed by atoms with Gasteiger partial charge in [-0.3, -0.25) is 0 Å². The summed E-state index contributed by atoms with van der Waals surface area (Å²) in [5, 5.41) is 7.30. The fourth-order valence-corrected chi connectivity index (χ4v) is 3.92. The smallest absolute Gasteiger partial charge is 0.317 e. The minimum atomic E-state index is 0.0327. The number of ether oxygens (including phenoxy) is 1. The van der Waals surface area contributed by atoms with E-state index in [0.717, 1.165) is 49.2 Å². The fraction of sp³-hybridized carbons (Fsp3) is 0.611. The molecule has 2 unspecified atom stereocenters. The molecule has 2 atom stereocenters. The molecule has 132 valence electrons. The van der Waals surface area contributed by atoms with Gasteiger partial charge in [-0.2, -0.15) is 0 Å². The van der Waals surface area contributed by atoms with E-state index in [9.17, 15) is 4.79 Å². The average molecular weight is 352 g/mol. The predicted molar refractivity (Wildman–Crippen MR) is 95.8 cm³/mol. The third-order valence-electron chi connectivity index (χ3n) is 4.72. The lowest BCUT2D eigenvalue weighted by Gasteiger charge is -2.24. The van der Waals surface area contributed by atoms with Gasteiger partial charge in [0.1, 0.15) is 5.75 Å². The highest BCUT2D eigenvalue weighted by atomic mass is 35.5. The van der Waals surface area contributed by atoms with Gasteiger partial charge in [0.05, 0.1) is 11.6 Å². The number of nitrogens with one attached hydrogen (secondary N) is 2. The Hall–Kier alpha value is -1.46. The van der Waals surface area contributed by atoms with Crippen molar-refractivity contribution in [3.63, 3.8) is 0 Å². The molecule has 0 spiro atoms. The monoisotopic (exact) mass is 351 g/mol. The zero-order chi connectivity index (χ0) is 17.1. The van der Waals surface area contributed by atoms with Crippen molar-refractivity contribution in [2.45, 2.75) is 45.2 Å². The van der Waals surface area contributed by atoms with E-state index in [4.69, 9.17) is 16.3 Å². The topological polar surface area (TPSA) is 53.6 Å². The second-order valence-corrected chi connectivity index (χ2v) is 7.05. The van der Waals surface area contributed by atoms with Crippen LogP contribution in [0.2, 0.25) is 5.02 Å². The van der Waals surface area contributed by atoms with Gasteiger partial charge in [0, 0.05) is 37.3 Å². The largest absolute Gasteiger partial charge is 0.492 e. The number of aryl methyl sites for hydroxylation is 1. The highest BCUT2D eigenvalue weighted by Crippen LogP contribution is 2.38. The van der Waals surface area contributed by atoms with Crippen molar-refractivity contribution in [3.05, 3.63) is 28.3 Å². The van der Waals surface area contributed by atoms with Crippen molar-refractivity contribution in [3.8, 4) is 5.75 Å². The first-order chi connectivity index (χ1) is 11.6. The van der Waals surface area contributed by atoms with Gasteiger partial charge in [0.25, 0.3) is 0 Å². The molecule has 5 nitrogen and oxygen atoms in total. The van der Waals surface area contributed by atoms with Gasteiger partial charge >= 0.3 is 6.03 Å². The summed E-state index contributed by atoms with van der Waals surface area (Å²) in [4.78, 5) is 13.9. The van der Waals surface area contributed by atoms with Gasteiger partial charge in [0.15, 0.2) is 0 Å². The standard InChI is InChI=1S/C18H26ClN3O2/c1-3-20-18(23)22-7-6-13(11-22)21-16-5-4-8-24-17-14(16)9-12(2)10-15(17)19/h9-10,13,16,21H,3-8,11H2,1-2H3,(H,20,23). The van der Waals surface area contributed by atoms with Crippen LogP contribution in [0.5, 0.6) is 5.75 Å². The molecule has 1 saturated heterocycles. The van der Waals surface area contributed by atoms with E-state index < -0.39 is 0 Å². The molecule has 1 aromatic rings. The molecule has 0 saturated carbocycles. The van der Waals surface area contributed by atoms with E-state index >= 15 is 0 Å². The number of urea groups is 1. The van der Waals surface area contributed by atoms with Crippen LogP contribution >= 0.6 is 11.6 Å². The SMILES string of the molecule is CCNC(=O)N1CCC(NC2CCCOc3c(Cl)cc(C)cc32)C1. The highest BCUT2D eigenvalue weighted by molar-refractivity contribution is 6.32. The maximum Gasteiger partial charge on any atom is 0.317 e. The minimum absolute atomic E-state index is 0.0327. The molecule has 2 heterocycles. The lowest BCUT2D eigenvalue weighted by atomic mass is 9.99. The van der Waals surface area contributed by atoms with Crippen LogP contribution in [0.3, 0.4) is 0 Å². The van der Waals surface area contributed by atoms with Gasteiger partial charge in [-0.15, -0.1) is 0 Å². The molecule has 24 heavy (non-hydrogen) atoms. The van der Waals surface area contributed by atoms with Gasteiger partial charge in [-0.1, -0.05) is 17.7 Å². The molecule has 6 heteroatoms. The van der Waals surface area contributed by atoms with Gasteiger partial charge in [0.2, 0.25) is 0 Å². The first-order valence-corrected chi connectivity index (χ1v) is 9.18. The third kappa shape index (κ3) is 3.78. The lowest BCUT2D eigenvalue weighted by molar-refractivity contribution is 0.208. The first kappa shape index (κ1) is 17.4. The van der Waals surface area contributed by atoms with Crippen LogP contribution in [0, 0.1) is 6.92 Å². The minimum Gasteiger partial charge on any atom is -0.492 e. The van der Waals surface area contributed by atoms with Crippen molar-refractivity contribution in [1.29, 1.82) is 0 Å².